The van der Waals surface area contributed by atoms with Crippen molar-refractivity contribution in [2.45, 2.75) is 65.2 Å². The Morgan fingerprint density at radius 2 is 1.38 bits per heavy atom. The number of carbonyl (C=O) groups is 2. The molecule has 0 spiro atoms. The van der Waals surface area contributed by atoms with Gasteiger partial charge in [0.05, 0.1) is 17.7 Å². The minimum atomic E-state index is -1.00. The molecule has 0 amide bonds. The Morgan fingerprint density at radius 3 is 1.92 bits per heavy atom. The zero-order valence-corrected chi connectivity index (χ0v) is 14.9. The molecular weight excluding hydrogens is 304 g/mol. The fraction of sp³-hybridized carbons (Fsp3) is 0.600. The topological polar surface area (TPSA) is 63.6 Å². The first kappa shape index (κ1) is 20.2. The highest BCUT2D eigenvalue weighted by molar-refractivity contribution is 5.92. The van der Waals surface area contributed by atoms with Crippen LogP contribution in [0.5, 0.6) is 0 Å². The van der Waals surface area contributed by atoms with Crippen molar-refractivity contribution < 1.29 is 19.4 Å². The van der Waals surface area contributed by atoms with Gasteiger partial charge < -0.3 is 9.84 Å². The van der Waals surface area contributed by atoms with Crippen LogP contribution in [0.4, 0.5) is 0 Å². The molecule has 0 bridgehead atoms. The summed E-state index contributed by atoms with van der Waals surface area (Å²) in [6.07, 6.45) is 9.66. The summed E-state index contributed by atoms with van der Waals surface area (Å²) in [6, 6.07) is 5.81. The first-order chi connectivity index (χ1) is 11.5. The van der Waals surface area contributed by atoms with Gasteiger partial charge in [0.2, 0.25) is 0 Å². The maximum absolute atomic E-state index is 11.8. The number of unbranched alkanes of at least 4 members (excludes halogenated alkanes) is 6. The van der Waals surface area contributed by atoms with Crippen molar-refractivity contribution in [3.05, 3.63) is 35.4 Å². The van der Waals surface area contributed by atoms with Crippen LogP contribution in [0.15, 0.2) is 24.3 Å². The van der Waals surface area contributed by atoms with Gasteiger partial charge in [-0.1, -0.05) is 58.8 Å². The third-order valence-electron chi connectivity index (χ3n) is 4.03. The normalized spacial score (nSPS) is 10.8. The van der Waals surface area contributed by atoms with Crippen molar-refractivity contribution in [2.24, 2.45) is 5.92 Å². The predicted molar refractivity (Wildman–Crippen MR) is 95.5 cm³/mol. The molecule has 1 aromatic carbocycles. The van der Waals surface area contributed by atoms with Crippen LogP contribution in [-0.4, -0.2) is 23.7 Å². The smallest absolute Gasteiger partial charge is 0.338 e. The van der Waals surface area contributed by atoms with E-state index in [1.165, 1.54) is 62.8 Å². The van der Waals surface area contributed by atoms with Crippen LogP contribution in [0.25, 0.3) is 0 Å². The molecule has 0 heterocycles. The number of rotatable bonds is 12. The average molecular weight is 334 g/mol. The van der Waals surface area contributed by atoms with Crippen molar-refractivity contribution in [1.29, 1.82) is 0 Å². The highest BCUT2D eigenvalue weighted by Crippen LogP contribution is 2.12. The largest absolute Gasteiger partial charge is 0.478 e. The second-order valence-electron chi connectivity index (χ2n) is 6.68. The number of ether oxygens (including phenoxy) is 1. The molecular formula is C20H30O4. The van der Waals surface area contributed by atoms with E-state index >= 15 is 0 Å². The third kappa shape index (κ3) is 8.70. The molecule has 0 saturated heterocycles. The molecule has 0 fully saturated rings. The first-order valence-electron chi connectivity index (χ1n) is 9.01. The van der Waals surface area contributed by atoms with Crippen LogP contribution in [0.3, 0.4) is 0 Å². The molecule has 1 N–H and O–H groups in total. The van der Waals surface area contributed by atoms with E-state index in [1.807, 2.05) is 0 Å². The van der Waals surface area contributed by atoms with Gasteiger partial charge in [-0.2, -0.15) is 0 Å². The molecule has 0 aromatic heterocycles. The highest BCUT2D eigenvalue weighted by Gasteiger charge is 2.08. The highest BCUT2D eigenvalue weighted by atomic mass is 16.5. The van der Waals surface area contributed by atoms with Crippen LogP contribution in [0.1, 0.15) is 85.9 Å². The second kappa shape index (κ2) is 11.7. The standard InChI is InChI=1S/C20H30O4/c1-16(2)10-8-6-4-3-5-7-9-15-24-20(23)18-13-11-17(12-14-18)19(21)22/h11-14,16H,3-10,15H2,1-2H3,(H,21,22). The summed E-state index contributed by atoms with van der Waals surface area (Å²) in [6.45, 7) is 4.95. The van der Waals surface area contributed by atoms with Gasteiger partial charge in [-0.25, -0.2) is 9.59 Å². The fourth-order valence-corrected chi connectivity index (χ4v) is 2.54. The van der Waals surface area contributed by atoms with E-state index < -0.39 is 5.97 Å². The van der Waals surface area contributed by atoms with Gasteiger partial charge in [-0.05, 0) is 36.6 Å². The summed E-state index contributed by atoms with van der Waals surface area (Å²) in [7, 11) is 0. The molecule has 1 rings (SSSR count). The average Bonchev–Trinajstić information content (AvgIpc) is 2.56. The van der Waals surface area contributed by atoms with E-state index in [2.05, 4.69) is 13.8 Å². The molecule has 0 aliphatic heterocycles. The van der Waals surface area contributed by atoms with Gasteiger partial charge in [0, 0.05) is 0 Å². The molecule has 0 atom stereocenters. The maximum atomic E-state index is 11.8. The van der Waals surface area contributed by atoms with Crippen LogP contribution >= 0.6 is 0 Å². The Morgan fingerprint density at radius 1 is 0.875 bits per heavy atom. The molecule has 4 heteroatoms. The molecule has 0 radical (unpaired) electrons. The van der Waals surface area contributed by atoms with E-state index in [0.29, 0.717) is 12.2 Å². The Kier molecular flexibility index (Phi) is 9.81. The van der Waals surface area contributed by atoms with Crippen molar-refractivity contribution >= 4 is 11.9 Å². The monoisotopic (exact) mass is 334 g/mol. The van der Waals surface area contributed by atoms with Gasteiger partial charge in [0.25, 0.3) is 0 Å². The lowest BCUT2D eigenvalue weighted by Gasteiger charge is -2.06. The van der Waals surface area contributed by atoms with Crippen molar-refractivity contribution in [3.63, 3.8) is 0 Å². The summed E-state index contributed by atoms with van der Waals surface area (Å²) in [5, 5.41) is 8.81. The number of hydrogen-bond donors (Lipinski definition) is 1. The number of hydrogen-bond acceptors (Lipinski definition) is 3. The quantitative estimate of drug-likeness (QED) is 0.415. The molecule has 0 saturated carbocycles. The lowest BCUT2D eigenvalue weighted by atomic mass is 10.0. The van der Waals surface area contributed by atoms with Gasteiger partial charge in [-0.15, -0.1) is 0 Å². The summed E-state index contributed by atoms with van der Waals surface area (Å²) < 4.78 is 5.21. The van der Waals surface area contributed by atoms with E-state index in [0.717, 1.165) is 18.8 Å². The fourth-order valence-electron chi connectivity index (χ4n) is 2.54. The minimum absolute atomic E-state index is 0.167. The lowest BCUT2D eigenvalue weighted by molar-refractivity contribution is 0.0496. The number of esters is 1. The van der Waals surface area contributed by atoms with Gasteiger partial charge in [0.15, 0.2) is 0 Å². The van der Waals surface area contributed by atoms with E-state index in [4.69, 9.17) is 9.84 Å². The molecule has 0 unspecified atom stereocenters. The SMILES string of the molecule is CC(C)CCCCCCCCCOC(=O)c1ccc(C(=O)O)cc1. The Labute approximate surface area is 145 Å². The molecule has 1 aromatic rings. The van der Waals surface area contributed by atoms with Crippen LogP contribution in [0, 0.1) is 5.92 Å². The van der Waals surface area contributed by atoms with Crippen molar-refractivity contribution in [2.75, 3.05) is 6.61 Å². The van der Waals surface area contributed by atoms with Crippen LogP contribution < -0.4 is 0 Å². The van der Waals surface area contributed by atoms with Gasteiger partial charge in [-0.3, -0.25) is 0 Å². The predicted octanol–water partition coefficient (Wildman–Crippen LogP) is 5.32. The first-order valence-corrected chi connectivity index (χ1v) is 9.01. The summed E-state index contributed by atoms with van der Waals surface area (Å²) in [5.41, 5.74) is 0.560. The number of carboxylic acids is 1. The molecule has 134 valence electrons. The lowest BCUT2D eigenvalue weighted by Crippen LogP contribution is -2.07. The Hall–Kier alpha value is -1.84. The van der Waals surface area contributed by atoms with Crippen LogP contribution in [-0.2, 0) is 4.74 Å². The molecule has 4 nitrogen and oxygen atoms in total. The Bertz CT molecular complexity index is 491. The third-order valence-corrected chi connectivity index (χ3v) is 4.03. The van der Waals surface area contributed by atoms with Gasteiger partial charge >= 0.3 is 11.9 Å². The number of carboxylic acid groups (broad SMARTS) is 1. The van der Waals surface area contributed by atoms with E-state index in [1.54, 1.807) is 0 Å². The summed E-state index contributed by atoms with van der Waals surface area (Å²) in [5.74, 6) is -0.584. The molecule has 0 aliphatic carbocycles. The van der Waals surface area contributed by atoms with Crippen LogP contribution in [0.2, 0.25) is 0 Å². The van der Waals surface area contributed by atoms with Crippen molar-refractivity contribution in [3.8, 4) is 0 Å². The molecule has 24 heavy (non-hydrogen) atoms. The Balaban J connectivity index is 2.04. The summed E-state index contributed by atoms with van der Waals surface area (Å²) >= 11 is 0. The number of aromatic carboxylic acids is 1. The number of carbonyl (C=O) groups excluding carboxylic acids is 1. The van der Waals surface area contributed by atoms with Crippen molar-refractivity contribution in [1.82, 2.24) is 0 Å². The van der Waals surface area contributed by atoms with E-state index in [-0.39, 0.29) is 11.5 Å². The molecule has 0 aliphatic rings. The minimum Gasteiger partial charge on any atom is -0.478 e. The maximum Gasteiger partial charge on any atom is 0.338 e. The zero-order valence-electron chi connectivity index (χ0n) is 14.9. The summed E-state index contributed by atoms with van der Waals surface area (Å²) in [4.78, 5) is 22.6. The number of benzene rings is 1. The van der Waals surface area contributed by atoms with Gasteiger partial charge in [0.1, 0.15) is 0 Å². The van der Waals surface area contributed by atoms with E-state index in [9.17, 15) is 9.59 Å². The second-order valence-corrected chi connectivity index (χ2v) is 6.68. The zero-order chi connectivity index (χ0) is 17.8.